The standard InChI is InChI=1S/C11H16N2O/c1-7-6-13-10-4-3-8(14-2)5-9(10)11(7)12/h3-5,7,11,13H,6,12H2,1-2H3. The van der Waals surface area contributed by atoms with Crippen LogP contribution < -0.4 is 15.8 Å². The fourth-order valence-corrected chi connectivity index (χ4v) is 1.81. The molecule has 1 heterocycles. The fourth-order valence-electron chi connectivity index (χ4n) is 1.81. The lowest BCUT2D eigenvalue weighted by molar-refractivity contribution is 0.411. The molecule has 14 heavy (non-hydrogen) atoms. The molecule has 2 unspecified atom stereocenters. The van der Waals surface area contributed by atoms with Crippen molar-refractivity contribution in [2.75, 3.05) is 19.0 Å². The first-order valence-electron chi connectivity index (χ1n) is 4.89. The fraction of sp³-hybridized carbons (Fsp3) is 0.455. The molecule has 3 heteroatoms. The van der Waals surface area contributed by atoms with Gasteiger partial charge in [0.15, 0.2) is 0 Å². The van der Waals surface area contributed by atoms with Crippen molar-refractivity contribution in [3.63, 3.8) is 0 Å². The molecule has 0 radical (unpaired) electrons. The van der Waals surface area contributed by atoms with E-state index in [1.54, 1.807) is 7.11 Å². The van der Waals surface area contributed by atoms with Gasteiger partial charge >= 0.3 is 0 Å². The van der Waals surface area contributed by atoms with Crippen molar-refractivity contribution >= 4 is 5.69 Å². The summed E-state index contributed by atoms with van der Waals surface area (Å²) in [5, 5.41) is 3.36. The average Bonchev–Trinajstić information content (AvgIpc) is 2.23. The van der Waals surface area contributed by atoms with E-state index in [0.717, 1.165) is 23.5 Å². The van der Waals surface area contributed by atoms with Gasteiger partial charge in [-0.05, 0) is 29.7 Å². The second-order valence-corrected chi connectivity index (χ2v) is 3.84. The Hall–Kier alpha value is -1.22. The molecule has 0 bridgehead atoms. The molecule has 3 N–H and O–H groups in total. The van der Waals surface area contributed by atoms with E-state index in [4.69, 9.17) is 10.5 Å². The molecule has 1 aliphatic rings. The van der Waals surface area contributed by atoms with Crippen molar-refractivity contribution in [3.05, 3.63) is 23.8 Å². The van der Waals surface area contributed by atoms with E-state index in [1.807, 2.05) is 18.2 Å². The Bertz CT molecular complexity index is 338. The number of hydrogen-bond donors (Lipinski definition) is 2. The molecular weight excluding hydrogens is 176 g/mol. The van der Waals surface area contributed by atoms with Gasteiger partial charge in [-0.15, -0.1) is 0 Å². The van der Waals surface area contributed by atoms with Crippen LogP contribution in [0.5, 0.6) is 5.75 Å². The molecule has 2 atom stereocenters. The number of anilines is 1. The van der Waals surface area contributed by atoms with Gasteiger partial charge in [-0.25, -0.2) is 0 Å². The molecule has 0 saturated carbocycles. The van der Waals surface area contributed by atoms with Gasteiger partial charge in [0.05, 0.1) is 7.11 Å². The van der Waals surface area contributed by atoms with Crippen LogP contribution in [-0.2, 0) is 0 Å². The van der Waals surface area contributed by atoms with Gasteiger partial charge in [0.25, 0.3) is 0 Å². The maximum atomic E-state index is 6.12. The zero-order valence-corrected chi connectivity index (χ0v) is 8.58. The lowest BCUT2D eigenvalue weighted by Gasteiger charge is -2.29. The normalized spacial score (nSPS) is 25.1. The minimum atomic E-state index is 0.112. The number of nitrogens with one attached hydrogen (secondary N) is 1. The number of fused-ring (bicyclic) bond motifs is 1. The minimum absolute atomic E-state index is 0.112. The van der Waals surface area contributed by atoms with E-state index in [9.17, 15) is 0 Å². The van der Waals surface area contributed by atoms with Gasteiger partial charge in [-0.3, -0.25) is 0 Å². The molecule has 0 saturated heterocycles. The Kier molecular flexibility index (Phi) is 2.33. The van der Waals surface area contributed by atoms with E-state index >= 15 is 0 Å². The van der Waals surface area contributed by atoms with Crippen LogP contribution in [0.2, 0.25) is 0 Å². The molecule has 3 nitrogen and oxygen atoms in total. The SMILES string of the molecule is COc1ccc2c(c1)C(N)C(C)CN2. The lowest BCUT2D eigenvalue weighted by atomic mass is 9.90. The summed E-state index contributed by atoms with van der Waals surface area (Å²) in [6, 6.07) is 6.11. The summed E-state index contributed by atoms with van der Waals surface area (Å²) in [4.78, 5) is 0. The van der Waals surface area contributed by atoms with Gasteiger partial charge in [0, 0.05) is 18.3 Å². The third-order valence-electron chi connectivity index (χ3n) is 2.85. The summed E-state index contributed by atoms with van der Waals surface area (Å²) < 4.78 is 5.18. The van der Waals surface area contributed by atoms with E-state index in [-0.39, 0.29) is 6.04 Å². The number of benzene rings is 1. The summed E-state index contributed by atoms with van der Waals surface area (Å²) in [7, 11) is 1.67. The molecule has 76 valence electrons. The van der Waals surface area contributed by atoms with Crippen molar-refractivity contribution < 1.29 is 4.74 Å². The summed E-state index contributed by atoms with van der Waals surface area (Å²) in [6.45, 7) is 3.10. The minimum Gasteiger partial charge on any atom is -0.497 e. The highest BCUT2D eigenvalue weighted by Crippen LogP contribution is 2.33. The number of methoxy groups -OCH3 is 1. The summed E-state index contributed by atoms with van der Waals surface area (Å²) in [5.41, 5.74) is 8.41. The topological polar surface area (TPSA) is 47.3 Å². The van der Waals surface area contributed by atoms with Crippen molar-refractivity contribution in [3.8, 4) is 5.75 Å². The first kappa shape index (κ1) is 9.34. The number of hydrogen-bond acceptors (Lipinski definition) is 3. The van der Waals surface area contributed by atoms with Crippen LogP contribution in [0.3, 0.4) is 0 Å². The third kappa shape index (κ3) is 1.44. The second-order valence-electron chi connectivity index (χ2n) is 3.84. The second kappa shape index (κ2) is 3.50. The van der Waals surface area contributed by atoms with Crippen LogP contribution in [0.4, 0.5) is 5.69 Å². The van der Waals surface area contributed by atoms with E-state index in [2.05, 4.69) is 12.2 Å². The first-order chi connectivity index (χ1) is 6.72. The van der Waals surface area contributed by atoms with Gasteiger partial charge < -0.3 is 15.8 Å². The average molecular weight is 192 g/mol. The highest BCUT2D eigenvalue weighted by Gasteiger charge is 2.23. The monoisotopic (exact) mass is 192 g/mol. The summed E-state index contributed by atoms with van der Waals surface area (Å²) >= 11 is 0. The van der Waals surface area contributed by atoms with Crippen molar-refractivity contribution in [1.29, 1.82) is 0 Å². The van der Waals surface area contributed by atoms with Crippen LogP contribution in [0.25, 0.3) is 0 Å². The van der Waals surface area contributed by atoms with Gasteiger partial charge in [0.2, 0.25) is 0 Å². The Balaban J connectivity index is 2.41. The molecule has 2 rings (SSSR count). The Morgan fingerprint density at radius 3 is 3.00 bits per heavy atom. The maximum Gasteiger partial charge on any atom is 0.119 e. The Morgan fingerprint density at radius 1 is 1.50 bits per heavy atom. The highest BCUT2D eigenvalue weighted by atomic mass is 16.5. The molecule has 0 spiro atoms. The van der Waals surface area contributed by atoms with Gasteiger partial charge in [-0.2, -0.15) is 0 Å². The summed E-state index contributed by atoms with van der Waals surface area (Å²) in [5.74, 6) is 1.34. The maximum absolute atomic E-state index is 6.12. The number of rotatable bonds is 1. The molecule has 1 aromatic carbocycles. The molecule has 1 aliphatic heterocycles. The predicted molar refractivity (Wildman–Crippen MR) is 57.6 cm³/mol. The first-order valence-corrected chi connectivity index (χ1v) is 4.89. The number of nitrogens with two attached hydrogens (primary N) is 1. The van der Waals surface area contributed by atoms with Crippen LogP contribution in [0.1, 0.15) is 18.5 Å². The summed E-state index contributed by atoms with van der Waals surface area (Å²) in [6.07, 6.45) is 0. The largest absolute Gasteiger partial charge is 0.497 e. The van der Waals surface area contributed by atoms with Crippen LogP contribution in [0, 0.1) is 5.92 Å². The number of ether oxygens (including phenoxy) is 1. The predicted octanol–water partition coefficient (Wildman–Crippen LogP) is 1.76. The van der Waals surface area contributed by atoms with Gasteiger partial charge in [0.1, 0.15) is 5.75 Å². The van der Waals surface area contributed by atoms with Gasteiger partial charge in [-0.1, -0.05) is 6.92 Å². The zero-order valence-electron chi connectivity index (χ0n) is 8.58. The van der Waals surface area contributed by atoms with E-state index in [1.165, 1.54) is 0 Å². The quantitative estimate of drug-likeness (QED) is 0.712. The Morgan fingerprint density at radius 2 is 2.29 bits per heavy atom. The molecule has 0 amide bonds. The Labute approximate surface area is 84.3 Å². The van der Waals surface area contributed by atoms with Crippen molar-refractivity contribution in [2.45, 2.75) is 13.0 Å². The molecular formula is C11H16N2O. The molecule has 0 aromatic heterocycles. The molecule has 1 aromatic rings. The molecule has 0 fully saturated rings. The van der Waals surface area contributed by atoms with E-state index in [0.29, 0.717) is 5.92 Å². The van der Waals surface area contributed by atoms with Crippen molar-refractivity contribution in [2.24, 2.45) is 11.7 Å². The third-order valence-corrected chi connectivity index (χ3v) is 2.85. The zero-order chi connectivity index (χ0) is 10.1. The van der Waals surface area contributed by atoms with Crippen LogP contribution in [-0.4, -0.2) is 13.7 Å². The lowest BCUT2D eigenvalue weighted by Crippen LogP contribution is -2.30. The van der Waals surface area contributed by atoms with Crippen LogP contribution in [0.15, 0.2) is 18.2 Å². The van der Waals surface area contributed by atoms with E-state index < -0.39 is 0 Å². The smallest absolute Gasteiger partial charge is 0.119 e. The van der Waals surface area contributed by atoms with Crippen LogP contribution >= 0.6 is 0 Å². The van der Waals surface area contributed by atoms with Crippen molar-refractivity contribution in [1.82, 2.24) is 0 Å². The highest BCUT2D eigenvalue weighted by molar-refractivity contribution is 5.57. The molecule has 0 aliphatic carbocycles.